The standard InChI is InChI=1S/C14H23N3O4S/c1-3-6-13-15-12(16-21-13)9-22(19,20)10-14(18)17-8-5-4-7-11(17)2/h11H,3-10H2,1-2H3. The largest absolute Gasteiger partial charge is 0.339 e. The Hall–Kier alpha value is -1.44. The van der Waals surface area contributed by atoms with Crippen molar-refractivity contribution in [2.24, 2.45) is 0 Å². The summed E-state index contributed by atoms with van der Waals surface area (Å²) >= 11 is 0. The molecule has 0 spiro atoms. The quantitative estimate of drug-likeness (QED) is 0.782. The average molecular weight is 329 g/mol. The van der Waals surface area contributed by atoms with E-state index in [1.54, 1.807) is 4.90 Å². The lowest BCUT2D eigenvalue weighted by Gasteiger charge is -2.33. The van der Waals surface area contributed by atoms with Crippen LogP contribution in [0.4, 0.5) is 0 Å². The Morgan fingerprint density at radius 2 is 2.18 bits per heavy atom. The molecule has 2 rings (SSSR count). The van der Waals surface area contributed by atoms with Crippen LogP contribution in [0.25, 0.3) is 0 Å². The van der Waals surface area contributed by atoms with Gasteiger partial charge in [0.25, 0.3) is 0 Å². The van der Waals surface area contributed by atoms with E-state index in [0.29, 0.717) is 18.9 Å². The first-order chi connectivity index (χ1) is 10.4. The fraction of sp³-hybridized carbons (Fsp3) is 0.786. The molecule has 0 aliphatic carbocycles. The monoisotopic (exact) mass is 329 g/mol. The van der Waals surface area contributed by atoms with Gasteiger partial charge < -0.3 is 9.42 Å². The van der Waals surface area contributed by atoms with Crippen LogP contribution in [0.3, 0.4) is 0 Å². The van der Waals surface area contributed by atoms with Crippen LogP contribution >= 0.6 is 0 Å². The molecule has 1 aliphatic heterocycles. The third kappa shape index (κ3) is 4.53. The summed E-state index contributed by atoms with van der Waals surface area (Å²) < 4.78 is 29.3. The van der Waals surface area contributed by atoms with Crippen LogP contribution in [0.5, 0.6) is 0 Å². The van der Waals surface area contributed by atoms with Crippen LogP contribution in [-0.2, 0) is 26.8 Å². The lowest BCUT2D eigenvalue weighted by Crippen LogP contribution is -2.44. The minimum atomic E-state index is -3.58. The number of likely N-dealkylation sites (tertiary alicyclic amines) is 1. The first-order valence-corrected chi connectivity index (χ1v) is 9.55. The summed E-state index contributed by atoms with van der Waals surface area (Å²) in [6.07, 6.45) is 4.41. The topological polar surface area (TPSA) is 93.4 Å². The molecule has 7 nitrogen and oxygen atoms in total. The van der Waals surface area contributed by atoms with Gasteiger partial charge in [-0.3, -0.25) is 4.79 Å². The third-order valence-electron chi connectivity index (χ3n) is 3.79. The Morgan fingerprint density at radius 3 is 2.86 bits per heavy atom. The van der Waals surface area contributed by atoms with Crippen molar-refractivity contribution in [3.63, 3.8) is 0 Å². The number of amides is 1. The van der Waals surface area contributed by atoms with Crippen LogP contribution < -0.4 is 0 Å². The van der Waals surface area contributed by atoms with Crippen LogP contribution in [-0.4, -0.2) is 47.7 Å². The minimum absolute atomic E-state index is 0.109. The van der Waals surface area contributed by atoms with Crippen molar-refractivity contribution in [3.05, 3.63) is 11.7 Å². The van der Waals surface area contributed by atoms with E-state index in [9.17, 15) is 13.2 Å². The van der Waals surface area contributed by atoms with E-state index in [2.05, 4.69) is 10.1 Å². The second-order valence-corrected chi connectivity index (χ2v) is 7.88. The molecule has 0 saturated carbocycles. The number of hydrogen-bond acceptors (Lipinski definition) is 6. The summed E-state index contributed by atoms with van der Waals surface area (Å²) in [6.45, 7) is 4.57. The van der Waals surface area contributed by atoms with Gasteiger partial charge in [-0.2, -0.15) is 4.98 Å². The molecular weight excluding hydrogens is 306 g/mol. The van der Waals surface area contributed by atoms with Crippen LogP contribution in [0.2, 0.25) is 0 Å². The van der Waals surface area contributed by atoms with Crippen molar-refractivity contribution in [1.82, 2.24) is 15.0 Å². The number of aromatic nitrogens is 2. The van der Waals surface area contributed by atoms with Gasteiger partial charge in [0.05, 0.1) is 0 Å². The van der Waals surface area contributed by atoms with Gasteiger partial charge in [0.2, 0.25) is 11.8 Å². The zero-order valence-electron chi connectivity index (χ0n) is 13.1. The summed E-state index contributed by atoms with van der Waals surface area (Å²) in [5.41, 5.74) is 0. The van der Waals surface area contributed by atoms with E-state index in [4.69, 9.17) is 4.52 Å². The molecule has 0 N–H and O–H groups in total. The van der Waals surface area contributed by atoms with E-state index >= 15 is 0 Å². The SMILES string of the molecule is CCCc1nc(CS(=O)(=O)CC(=O)N2CCCCC2C)no1. The fourth-order valence-electron chi connectivity index (χ4n) is 2.65. The molecule has 22 heavy (non-hydrogen) atoms. The van der Waals surface area contributed by atoms with E-state index in [1.165, 1.54) is 0 Å². The van der Waals surface area contributed by atoms with Gasteiger partial charge in [-0.15, -0.1) is 0 Å². The highest BCUT2D eigenvalue weighted by Crippen LogP contribution is 2.17. The van der Waals surface area contributed by atoms with Crippen molar-refractivity contribution < 1.29 is 17.7 Å². The van der Waals surface area contributed by atoms with Crippen molar-refractivity contribution >= 4 is 15.7 Å². The van der Waals surface area contributed by atoms with Gasteiger partial charge >= 0.3 is 0 Å². The molecule has 1 aliphatic rings. The van der Waals surface area contributed by atoms with Gasteiger partial charge in [0.1, 0.15) is 11.5 Å². The van der Waals surface area contributed by atoms with Gasteiger partial charge in [-0.25, -0.2) is 8.42 Å². The maximum Gasteiger partial charge on any atom is 0.238 e. The second kappa shape index (κ2) is 7.21. The molecule has 1 aromatic heterocycles. The molecule has 0 radical (unpaired) electrons. The van der Waals surface area contributed by atoms with Crippen molar-refractivity contribution in [3.8, 4) is 0 Å². The van der Waals surface area contributed by atoms with Crippen LogP contribution in [0.15, 0.2) is 4.52 Å². The van der Waals surface area contributed by atoms with E-state index in [1.807, 2.05) is 13.8 Å². The smallest absolute Gasteiger partial charge is 0.238 e. The van der Waals surface area contributed by atoms with Gasteiger partial charge in [0.15, 0.2) is 15.7 Å². The van der Waals surface area contributed by atoms with Gasteiger partial charge in [-0.1, -0.05) is 12.1 Å². The van der Waals surface area contributed by atoms with E-state index in [0.717, 1.165) is 25.7 Å². The first-order valence-electron chi connectivity index (χ1n) is 7.72. The molecule has 1 saturated heterocycles. The Morgan fingerprint density at radius 1 is 1.41 bits per heavy atom. The maximum absolute atomic E-state index is 12.2. The summed E-state index contributed by atoms with van der Waals surface area (Å²) in [5.74, 6) is -0.612. The molecule has 1 aromatic rings. The summed E-state index contributed by atoms with van der Waals surface area (Å²) in [5, 5.41) is 3.66. The highest BCUT2D eigenvalue weighted by atomic mass is 32.2. The van der Waals surface area contributed by atoms with Crippen molar-refractivity contribution in [1.29, 1.82) is 0 Å². The number of hydrogen-bond donors (Lipinski definition) is 0. The fourth-order valence-corrected chi connectivity index (χ4v) is 3.81. The van der Waals surface area contributed by atoms with Gasteiger partial charge in [-0.05, 0) is 32.6 Å². The number of nitrogens with zero attached hydrogens (tertiary/aromatic N) is 3. The Bertz CT molecular complexity index is 611. The Labute approximate surface area is 131 Å². The molecule has 0 bridgehead atoms. The molecular formula is C14H23N3O4S. The molecule has 8 heteroatoms. The third-order valence-corrected chi connectivity index (χ3v) is 5.17. The average Bonchev–Trinajstić information content (AvgIpc) is 2.85. The number of carbonyl (C=O) groups is 1. The van der Waals surface area contributed by atoms with E-state index in [-0.39, 0.29) is 23.5 Å². The first kappa shape index (κ1) is 16.9. The molecule has 0 aromatic carbocycles. The maximum atomic E-state index is 12.2. The number of rotatable bonds is 6. The predicted octanol–water partition coefficient (Wildman–Crippen LogP) is 1.34. The number of carbonyl (C=O) groups excluding carboxylic acids is 1. The molecule has 1 fully saturated rings. The minimum Gasteiger partial charge on any atom is -0.339 e. The van der Waals surface area contributed by atoms with Crippen molar-refractivity contribution in [2.45, 2.75) is 57.7 Å². The highest BCUT2D eigenvalue weighted by Gasteiger charge is 2.28. The summed E-state index contributed by atoms with van der Waals surface area (Å²) in [4.78, 5) is 17.9. The molecule has 124 valence electrons. The molecule has 2 heterocycles. The summed E-state index contributed by atoms with van der Waals surface area (Å²) in [7, 11) is -3.58. The van der Waals surface area contributed by atoms with Crippen molar-refractivity contribution in [2.75, 3.05) is 12.3 Å². The predicted molar refractivity (Wildman–Crippen MR) is 80.8 cm³/mol. The highest BCUT2D eigenvalue weighted by molar-refractivity contribution is 7.91. The Balaban J connectivity index is 1.96. The number of sulfone groups is 1. The number of aryl methyl sites for hydroxylation is 1. The second-order valence-electron chi connectivity index (χ2n) is 5.82. The van der Waals surface area contributed by atoms with Crippen LogP contribution in [0, 0.1) is 0 Å². The summed E-state index contributed by atoms with van der Waals surface area (Å²) in [6, 6.07) is 0.109. The molecule has 1 atom stereocenters. The lowest BCUT2D eigenvalue weighted by molar-refractivity contribution is -0.131. The Kier molecular flexibility index (Phi) is 5.55. The zero-order valence-corrected chi connectivity index (χ0v) is 13.9. The van der Waals surface area contributed by atoms with Gasteiger partial charge in [0, 0.05) is 19.0 Å². The van der Waals surface area contributed by atoms with Crippen LogP contribution in [0.1, 0.15) is 51.2 Å². The normalized spacial score (nSPS) is 19.4. The van der Waals surface area contributed by atoms with E-state index < -0.39 is 15.6 Å². The number of piperidine rings is 1. The lowest BCUT2D eigenvalue weighted by atomic mass is 10.0. The molecule has 1 unspecified atom stereocenters. The molecule has 1 amide bonds. The zero-order chi connectivity index (χ0) is 16.2.